The number of carbonyl (C=O) groups excluding carboxylic acids is 1. The Balaban J connectivity index is 2.26. The van der Waals surface area contributed by atoms with Gasteiger partial charge in [-0.2, -0.15) is 0 Å². The molecule has 66 valence electrons. The summed E-state index contributed by atoms with van der Waals surface area (Å²) >= 11 is 0. The van der Waals surface area contributed by atoms with E-state index in [1.54, 1.807) is 6.08 Å². The van der Waals surface area contributed by atoms with Crippen LogP contribution < -0.4 is 0 Å². The van der Waals surface area contributed by atoms with Crippen molar-refractivity contribution in [1.82, 2.24) is 0 Å². The monoisotopic (exact) mass is 164 g/mol. The normalized spacial score (nSPS) is 41.1. The Labute approximate surface area is 73.8 Å². The van der Waals surface area contributed by atoms with Crippen molar-refractivity contribution in [2.24, 2.45) is 11.3 Å². The van der Waals surface area contributed by atoms with Crippen LogP contribution in [0.4, 0.5) is 0 Å². The lowest BCUT2D eigenvalue weighted by Gasteiger charge is -2.41. The Kier molecular flexibility index (Phi) is 1.82. The average Bonchev–Trinajstić information content (AvgIpc) is 2.04. The largest absolute Gasteiger partial charge is 0.295 e. The van der Waals surface area contributed by atoms with Crippen LogP contribution in [0.3, 0.4) is 0 Å². The highest BCUT2D eigenvalue weighted by Crippen LogP contribution is 2.46. The zero-order valence-electron chi connectivity index (χ0n) is 7.68. The Morgan fingerprint density at radius 3 is 3.08 bits per heavy atom. The average molecular weight is 164 g/mol. The summed E-state index contributed by atoms with van der Waals surface area (Å²) in [4.78, 5) is 11.5. The maximum atomic E-state index is 11.5. The summed E-state index contributed by atoms with van der Waals surface area (Å²) in [5.74, 6) is 0.722. The molecular weight excluding hydrogens is 148 g/mol. The zero-order valence-corrected chi connectivity index (χ0v) is 7.68. The summed E-state index contributed by atoms with van der Waals surface area (Å²) in [6, 6.07) is 0. The standard InChI is InChI=1S/C11H16O/c1-11-7-3-2-5-9(11)10(12)6-4-8-11/h4,6,9H,2-3,5,7-8H2,1H3. The number of rotatable bonds is 0. The lowest BCUT2D eigenvalue weighted by molar-refractivity contribution is -0.124. The van der Waals surface area contributed by atoms with Crippen LogP contribution in [0.5, 0.6) is 0 Å². The zero-order chi connectivity index (χ0) is 8.60. The summed E-state index contributed by atoms with van der Waals surface area (Å²) in [5, 5.41) is 0. The second kappa shape index (κ2) is 2.72. The van der Waals surface area contributed by atoms with Gasteiger partial charge in [0, 0.05) is 5.92 Å². The molecule has 0 saturated heterocycles. The Morgan fingerprint density at radius 2 is 2.33 bits per heavy atom. The fraction of sp³-hybridized carbons (Fsp3) is 0.727. The Hall–Kier alpha value is -0.590. The number of fused-ring (bicyclic) bond motifs is 1. The lowest BCUT2D eigenvalue weighted by atomic mass is 9.62. The molecule has 1 nitrogen and oxygen atoms in total. The van der Waals surface area contributed by atoms with E-state index in [4.69, 9.17) is 0 Å². The fourth-order valence-electron chi connectivity index (χ4n) is 2.69. The molecule has 0 bridgehead atoms. The van der Waals surface area contributed by atoms with E-state index < -0.39 is 0 Å². The topological polar surface area (TPSA) is 17.1 Å². The van der Waals surface area contributed by atoms with Crippen LogP contribution >= 0.6 is 0 Å². The van der Waals surface area contributed by atoms with Gasteiger partial charge in [0.2, 0.25) is 0 Å². The van der Waals surface area contributed by atoms with E-state index in [-0.39, 0.29) is 0 Å². The van der Waals surface area contributed by atoms with Gasteiger partial charge in [-0.25, -0.2) is 0 Å². The maximum absolute atomic E-state index is 11.5. The molecule has 0 radical (unpaired) electrons. The van der Waals surface area contributed by atoms with Gasteiger partial charge in [0.1, 0.15) is 0 Å². The molecule has 0 spiro atoms. The van der Waals surface area contributed by atoms with Gasteiger partial charge in [-0.1, -0.05) is 25.8 Å². The summed E-state index contributed by atoms with van der Waals surface area (Å²) in [6.07, 6.45) is 9.90. The van der Waals surface area contributed by atoms with E-state index in [0.29, 0.717) is 17.1 Å². The molecule has 2 unspecified atom stereocenters. The molecule has 1 fully saturated rings. The van der Waals surface area contributed by atoms with Crippen molar-refractivity contribution in [3.8, 4) is 0 Å². The predicted molar refractivity (Wildman–Crippen MR) is 48.8 cm³/mol. The highest BCUT2D eigenvalue weighted by atomic mass is 16.1. The van der Waals surface area contributed by atoms with Gasteiger partial charge in [0.15, 0.2) is 5.78 Å². The number of hydrogen-bond donors (Lipinski definition) is 0. The minimum absolute atomic E-state index is 0.310. The van der Waals surface area contributed by atoms with Gasteiger partial charge in [0.05, 0.1) is 0 Å². The van der Waals surface area contributed by atoms with Crippen LogP contribution in [0.1, 0.15) is 39.0 Å². The third kappa shape index (κ3) is 1.12. The van der Waals surface area contributed by atoms with Gasteiger partial charge in [-0.15, -0.1) is 0 Å². The number of ketones is 1. The van der Waals surface area contributed by atoms with Crippen molar-refractivity contribution in [3.05, 3.63) is 12.2 Å². The van der Waals surface area contributed by atoms with E-state index >= 15 is 0 Å². The Bertz CT molecular complexity index is 229. The third-order valence-electron chi connectivity index (χ3n) is 3.54. The van der Waals surface area contributed by atoms with Crippen molar-refractivity contribution >= 4 is 5.78 Å². The van der Waals surface area contributed by atoms with Crippen molar-refractivity contribution in [1.29, 1.82) is 0 Å². The van der Waals surface area contributed by atoms with Crippen LogP contribution in [-0.4, -0.2) is 5.78 Å². The quantitative estimate of drug-likeness (QED) is 0.538. The lowest BCUT2D eigenvalue weighted by Crippen LogP contribution is -2.37. The second-order valence-electron chi connectivity index (χ2n) is 4.46. The molecule has 0 heterocycles. The molecule has 0 aromatic heterocycles. The van der Waals surface area contributed by atoms with Crippen molar-refractivity contribution in [3.63, 3.8) is 0 Å². The van der Waals surface area contributed by atoms with Gasteiger partial charge in [0.25, 0.3) is 0 Å². The van der Waals surface area contributed by atoms with Crippen LogP contribution in [0.2, 0.25) is 0 Å². The molecule has 1 saturated carbocycles. The number of allylic oxidation sites excluding steroid dienone is 2. The van der Waals surface area contributed by atoms with E-state index in [9.17, 15) is 4.79 Å². The Morgan fingerprint density at radius 1 is 1.50 bits per heavy atom. The minimum atomic E-state index is 0.310. The fourth-order valence-corrected chi connectivity index (χ4v) is 2.69. The van der Waals surface area contributed by atoms with Gasteiger partial charge >= 0.3 is 0 Å². The van der Waals surface area contributed by atoms with Crippen molar-refractivity contribution in [2.45, 2.75) is 39.0 Å². The van der Waals surface area contributed by atoms with Crippen molar-refractivity contribution < 1.29 is 4.79 Å². The van der Waals surface area contributed by atoms with E-state index in [2.05, 4.69) is 13.0 Å². The third-order valence-corrected chi connectivity index (χ3v) is 3.54. The molecule has 12 heavy (non-hydrogen) atoms. The van der Waals surface area contributed by atoms with Crippen LogP contribution in [0, 0.1) is 11.3 Å². The van der Waals surface area contributed by atoms with Gasteiger partial charge in [-0.05, 0) is 30.8 Å². The molecule has 0 N–H and O–H groups in total. The molecule has 0 aliphatic heterocycles. The first-order valence-electron chi connectivity index (χ1n) is 4.93. The van der Waals surface area contributed by atoms with Gasteiger partial charge in [-0.3, -0.25) is 4.79 Å². The van der Waals surface area contributed by atoms with E-state index in [1.807, 2.05) is 0 Å². The van der Waals surface area contributed by atoms with E-state index in [1.165, 1.54) is 19.3 Å². The van der Waals surface area contributed by atoms with Crippen LogP contribution in [0.25, 0.3) is 0 Å². The molecule has 0 aromatic carbocycles. The van der Waals surface area contributed by atoms with Crippen molar-refractivity contribution in [2.75, 3.05) is 0 Å². The number of hydrogen-bond acceptors (Lipinski definition) is 1. The predicted octanol–water partition coefficient (Wildman–Crippen LogP) is 2.71. The molecule has 0 aromatic rings. The molecule has 2 aliphatic rings. The first kappa shape index (κ1) is 8.03. The molecule has 2 rings (SSSR count). The molecule has 2 aliphatic carbocycles. The second-order valence-corrected chi connectivity index (χ2v) is 4.46. The summed E-state index contributed by atoms with van der Waals surface area (Å²) in [6.45, 7) is 2.28. The first-order valence-corrected chi connectivity index (χ1v) is 4.93. The molecular formula is C11H16O. The minimum Gasteiger partial charge on any atom is -0.295 e. The molecule has 2 atom stereocenters. The number of carbonyl (C=O) groups is 1. The summed E-state index contributed by atoms with van der Waals surface area (Å²) < 4.78 is 0. The summed E-state index contributed by atoms with van der Waals surface area (Å²) in [5.41, 5.74) is 0.310. The van der Waals surface area contributed by atoms with Gasteiger partial charge < -0.3 is 0 Å². The molecule has 0 amide bonds. The molecule has 1 heteroatoms. The highest BCUT2D eigenvalue weighted by molar-refractivity contribution is 5.93. The first-order chi connectivity index (χ1) is 5.72. The van der Waals surface area contributed by atoms with Crippen LogP contribution in [-0.2, 0) is 4.79 Å². The van der Waals surface area contributed by atoms with E-state index in [0.717, 1.165) is 12.8 Å². The smallest absolute Gasteiger partial charge is 0.158 e. The van der Waals surface area contributed by atoms with Crippen LogP contribution in [0.15, 0.2) is 12.2 Å². The summed E-state index contributed by atoms with van der Waals surface area (Å²) in [7, 11) is 0. The highest BCUT2D eigenvalue weighted by Gasteiger charge is 2.40. The SMILES string of the molecule is CC12CC=CC(=O)C1CCCC2. The maximum Gasteiger partial charge on any atom is 0.158 e.